The second-order valence-corrected chi connectivity index (χ2v) is 4.45. The maximum absolute atomic E-state index is 9.23. The first-order chi connectivity index (χ1) is 8.40. The Labute approximate surface area is 101 Å². The Hall–Kier alpha value is -1.79. The highest BCUT2D eigenvalue weighted by molar-refractivity contribution is 5.57. The fourth-order valence-electron chi connectivity index (χ4n) is 2.61. The molecule has 0 spiro atoms. The van der Waals surface area contributed by atoms with Crippen LogP contribution in [0.4, 0.5) is 5.69 Å². The Morgan fingerprint density at radius 2 is 2.12 bits per heavy atom. The SMILES string of the molecule is N#CC1=CC[C@H]2CCO[C@H]2N1c1ccccc1. The zero-order chi connectivity index (χ0) is 11.7. The molecule has 86 valence electrons. The van der Waals surface area contributed by atoms with E-state index in [-0.39, 0.29) is 6.23 Å². The highest BCUT2D eigenvalue weighted by atomic mass is 16.5. The molecule has 0 amide bonds. The van der Waals surface area contributed by atoms with Gasteiger partial charge in [-0.25, -0.2) is 0 Å². The summed E-state index contributed by atoms with van der Waals surface area (Å²) >= 11 is 0. The number of hydrogen-bond acceptors (Lipinski definition) is 3. The summed E-state index contributed by atoms with van der Waals surface area (Å²) in [7, 11) is 0. The summed E-state index contributed by atoms with van der Waals surface area (Å²) in [4.78, 5) is 2.03. The Balaban J connectivity index is 2.02. The van der Waals surface area contributed by atoms with E-state index in [2.05, 4.69) is 6.07 Å². The third kappa shape index (κ3) is 1.71. The number of nitriles is 1. The van der Waals surface area contributed by atoms with Crippen molar-refractivity contribution < 1.29 is 4.74 Å². The molecule has 2 aliphatic heterocycles. The summed E-state index contributed by atoms with van der Waals surface area (Å²) in [6.45, 7) is 0.797. The Morgan fingerprint density at radius 1 is 1.29 bits per heavy atom. The van der Waals surface area contributed by atoms with Gasteiger partial charge in [-0.1, -0.05) is 18.2 Å². The van der Waals surface area contributed by atoms with Gasteiger partial charge in [0.05, 0.1) is 0 Å². The van der Waals surface area contributed by atoms with E-state index in [0.717, 1.165) is 25.1 Å². The number of nitrogens with zero attached hydrogens (tertiary/aromatic N) is 2. The second kappa shape index (κ2) is 4.23. The minimum atomic E-state index is 0.0389. The summed E-state index contributed by atoms with van der Waals surface area (Å²) in [5, 5.41) is 9.23. The Morgan fingerprint density at radius 3 is 2.88 bits per heavy atom. The number of ether oxygens (including phenoxy) is 1. The highest BCUT2D eigenvalue weighted by Gasteiger charge is 2.37. The summed E-state index contributed by atoms with van der Waals surface area (Å²) in [5.74, 6) is 0.521. The Bertz CT molecular complexity index is 475. The molecule has 3 nitrogen and oxygen atoms in total. The number of hydrogen-bond donors (Lipinski definition) is 0. The number of anilines is 1. The molecule has 1 aromatic carbocycles. The second-order valence-electron chi connectivity index (χ2n) is 4.45. The molecule has 17 heavy (non-hydrogen) atoms. The zero-order valence-electron chi connectivity index (χ0n) is 9.54. The van der Waals surface area contributed by atoms with Crippen LogP contribution in [0.15, 0.2) is 42.1 Å². The predicted octanol–water partition coefficient (Wildman–Crippen LogP) is 2.67. The van der Waals surface area contributed by atoms with Gasteiger partial charge >= 0.3 is 0 Å². The Kier molecular flexibility index (Phi) is 2.58. The monoisotopic (exact) mass is 226 g/mol. The van der Waals surface area contributed by atoms with Crippen LogP contribution in [-0.2, 0) is 4.74 Å². The first-order valence-electron chi connectivity index (χ1n) is 5.96. The maximum atomic E-state index is 9.23. The van der Waals surface area contributed by atoms with E-state index >= 15 is 0 Å². The van der Waals surface area contributed by atoms with E-state index in [1.54, 1.807) is 0 Å². The van der Waals surface area contributed by atoms with Crippen molar-refractivity contribution in [2.45, 2.75) is 19.1 Å². The molecular weight excluding hydrogens is 212 g/mol. The number of allylic oxidation sites excluding steroid dienone is 2. The van der Waals surface area contributed by atoms with Crippen LogP contribution >= 0.6 is 0 Å². The van der Waals surface area contributed by atoms with Crippen LogP contribution in [-0.4, -0.2) is 12.8 Å². The van der Waals surface area contributed by atoms with Crippen molar-refractivity contribution in [1.29, 1.82) is 5.26 Å². The van der Waals surface area contributed by atoms with Crippen LogP contribution in [0.5, 0.6) is 0 Å². The first-order valence-corrected chi connectivity index (χ1v) is 5.96. The summed E-state index contributed by atoms with van der Waals surface area (Å²) in [5.41, 5.74) is 1.75. The van der Waals surface area contributed by atoms with Crippen molar-refractivity contribution in [2.24, 2.45) is 5.92 Å². The summed E-state index contributed by atoms with van der Waals surface area (Å²) < 4.78 is 5.79. The lowest BCUT2D eigenvalue weighted by molar-refractivity contribution is 0.0903. The fraction of sp³-hybridized carbons (Fsp3) is 0.357. The van der Waals surface area contributed by atoms with E-state index in [4.69, 9.17) is 4.74 Å². The van der Waals surface area contributed by atoms with Gasteiger partial charge in [0.2, 0.25) is 0 Å². The molecule has 0 bridgehead atoms. The lowest BCUT2D eigenvalue weighted by atomic mass is 9.96. The summed E-state index contributed by atoms with van der Waals surface area (Å²) in [6, 6.07) is 12.3. The predicted molar refractivity (Wildman–Crippen MR) is 65.1 cm³/mol. The number of para-hydroxylation sites is 1. The number of rotatable bonds is 1. The van der Waals surface area contributed by atoms with Crippen LogP contribution in [0.3, 0.4) is 0 Å². The first kappa shape index (κ1) is 10.4. The van der Waals surface area contributed by atoms with Gasteiger partial charge in [0.15, 0.2) is 0 Å². The number of benzene rings is 1. The normalized spacial score (nSPS) is 27.2. The van der Waals surface area contributed by atoms with Gasteiger partial charge in [-0.2, -0.15) is 5.26 Å². The molecule has 0 aliphatic carbocycles. The van der Waals surface area contributed by atoms with Gasteiger partial charge in [0.1, 0.15) is 18.0 Å². The van der Waals surface area contributed by atoms with Crippen molar-refractivity contribution in [3.05, 3.63) is 42.1 Å². The molecule has 2 heterocycles. The van der Waals surface area contributed by atoms with Crippen molar-refractivity contribution in [1.82, 2.24) is 0 Å². The highest BCUT2D eigenvalue weighted by Crippen LogP contribution is 2.37. The molecule has 1 fully saturated rings. The molecule has 0 N–H and O–H groups in total. The number of fused-ring (bicyclic) bond motifs is 1. The topological polar surface area (TPSA) is 36.3 Å². The summed E-state index contributed by atoms with van der Waals surface area (Å²) in [6.07, 6.45) is 4.11. The van der Waals surface area contributed by atoms with Crippen LogP contribution in [0.1, 0.15) is 12.8 Å². The lowest BCUT2D eigenvalue weighted by Gasteiger charge is -2.36. The van der Waals surface area contributed by atoms with Gasteiger partial charge in [0.25, 0.3) is 0 Å². The van der Waals surface area contributed by atoms with E-state index in [9.17, 15) is 5.26 Å². The molecule has 0 radical (unpaired) electrons. The quantitative estimate of drug-likeness (QED) is 0.738. The minimum absolute atomic E-state index is 0.0389. The fourth-order valence-corrected chi connectivity index (χ4v) is 2.61. The van der Waals surface area contributed by atoms with Crippen molar-refractivity contribution >= 4 is 5.69 Å². The molecular formula is C14H14N2O. The van der Waals surface area contributed by atoms with Gasteiger partial charge in [-0.15, -0.1) is 0 Å². The van der Waals surface area contributed by atoms with E-state index in [1.807, 2.05) is 41.3 Å². The van der Waals surface area contributed by atoms with E-state index in [0.29, 0.717) is 11.6 Å². The molecule has 2 atom stereocenters. The molecule has 2 aliphatic rings. The maximum Gasteiger partial charge on any atom is 0.138 e. The van der Waals surface area contributed by atoms with Gasteiger partial charge in [-0.3, -0.25) is 0 Å². The van der Waals surface area contributed by atoms with Gasteiger partial charge in [-0.05, 0) is 31.1 Å². The third-order valence-electron chi connectivity index (χ3n) is 3.46. The molecule has 1 aromatic rings. The molecule has 1 saturated heterocycles. The molecule has 0 unspecified atom stereocenters. The van der Waals surface area contributed by atoms with Gasteiger partial charge < -0.3 is 9.64 Å². The van der Waals surface area contributed by atoms with Crippen LogP contribution < -0.4 is 4.90 Å². The average Bonchev–Trinajstić information content (AvgIpc) is 2.86. The standard InChI is InChI=1S/C14H14N2O/c15-10-13-7-6-11-8-9-17-14(11)16(13)12-4-2-1-3-5-12/h1-5,7,11,14H,6,8-9H2/t11-,14+/m0/s1. The largest absolute Gasteiger partial charge is 0.358 e. The third-order valence-corrected chi connectivity index (χ3v) is 3.46. The average molecular weight is 226 g/mol. The van der Waals surface area contributed by atoms with Crippen LogP contribution in [0, 0.1) is 17.2 Å². The molecule has 3 heteroatoms. The molecule has 0 aromatic heterocycles. The van der Waals surface area contributed by atoms with Crippen LogP contribution in [0.2, 0.25) is 0 Å². The van der Waals surface area contributed by atoms with Crippen LogP contribution in [0.25, 0.3) is 0 Å². The lowest BCUT2D eigenvalue weighted by Crippen LogP contribution is -2.40. The van der Waals surface area contributed by atoms with Crippen molar-refractivity contribution in [2.75, 3.05) is 11.5 Å². The van der Waals surface area contributed by atoms with Crippen molar-refractivity contribution in [3.8, 4) is 6.07 Å². The smallest absolute Gasteiger partial charge is 0.138 e. The molecule has 3 rings (SSSR count). The van der Waals surface area contributed by atoms with Crippen molar-refractivity contribution in [3.63, 3.8) is 0 Å². The van der Waals surface area contributed by atoms with Gasteiger partial charge in [0, 0.05) is 18.2 Å². The van der Waals surface area contributed by atoms with E-state index < -0.39 is 0 Å². The zero-order valence-corrected chi connectivity index (χ0v) is 9.54. The van der Waals surface area contributed by atoms with E-state index in [1.165, 1.54) is 0 Å². The minimum Gasteiger partial charge on any atom is -0.358 e. The molecule has 0 saturated carbocycles.